The molecular weight excluding hydrogens is 316 g/mol. The van der Waals surface area contributed by atoms with E-state index in [1.54, 1.807) is 0 Å². The van der Waals surface area contributed by atoms with Crippen LogP contribution in [0.1, 0.15) is 36.0 Å². The second-order valence-electron chi connectivity index (χ2n) is 5.51. The number of hydrogen-bond donors (Lipinski definition) is 1. The van der Waals surface area contributed by atoms with Crippen molar-refractivity contribution in [3.05, 3.63) is 33.9 Å². The summed E-state index contributed by atoms with van der Waals surface area (Å²) in [6, 6.07) is 4.05. The van der Waals surface area contributed by atoms with Crippen molar-refractivity contribution in [2.45, 2.75) is 31.8 Å². The highest BCUT2D eigenvalue weighted by Crippen LogP contribution is 2.26. The lowest BCUT2D eigenvalue weighted by atomic mass is 9.96. The molecule has 1 atom stereocenters. The maximum absolute atomic E-state index is 12.2. The van der Waals surface area contributed by atoms with Gasteiger partial charge in [0, 0.05) is 26.1 Å². The summed E-state index contributed by atoms with van der Waals surface area (Å²) in [5, 5.41) is 14.1. The van der Waals surface area contributed by atoms with Crippen LogP contribution in [0.15, 0.2) is 18.2 Å². The molecule has 0 aliphatic heterocycles. The third-order valence-electron chi connectivity index (χ3n) is 3.80. The third-order valence-corrected chi connectivity index (χ3v) is 3.80. The Hall–Kier alpha value is -2.48. The van der Waals surface area contributed by atoms with Gasteiger partial charge < -0.3 is 14.8 Å². The smallest absolute Gasteiger partial charge is 0.339 e. The van der Waals surface area contributed by atoms with Crippen LogP contribution in [0.4, 0.5) is 11.4 Å². The van der Waals surface area contributed by atoms with Gasteiger partial charge in [-0.1, -0.05) is 0 Å². The van der Waals surface area contributed by atoms with Crippen LogP contribution in [0.25, 0.3) is 0 Å². The molecule has 0 saturated heterocycles. The summed E-state index contributed by atoms with van der Waals surface area (Å²) in [4.78, 5) is 34.5. The number of benzene rings is 1. The van der Waals surface area contributed by atoms with Gasteiger partial charge >= 0.3 is 5.97 Å². The normalized spacial score (nSPS) is 17.4. The van der Waals surface area contributed by atoms with Crippen LogP contribution >= 0.6 is 0 Å². The van der Waals surface area contributed by atoms with Crippen LogP contribution < -0.4 is 5.32 Å². The van der Waals surface area contributed by atoms with Crippen molar-refractivity contribution in [1.82, 2.24) is 0 Å². The number of hydrogen-bond acceptors (Lipinski definition) is 7. The van der Waals surface area contributed by atoms with Crippen molar-refractivity contribution < 1.29 is 24.0 Å². The fourth-order valence-corrected chi connectivity index (χ4v) is 2.52. The average molecular weight is 336 g/mol. The number of carbonyl (C=O) groups excluding carboxylic acids is 2. The molecule has 1 fully saturated rings. The van der Waals surface area contributed by atoms with Crippen molar-refractivity contribution in [2.75, 3.05) is 25.6 Å². The van der Waals surface area contributed by atoms with Gasteiger partial charge in [-0.3, -0.25) is 14.9 Å². The molecule has 1 N–H and O–H groups in total. The van der Waals surface area contributed by atoms with Crippen LogP contribution in [0.2, 0.25) is 0 Å². The Morgan fingerprint density at radius 1 is 1.42 bits per heavy atom. The molecule has 0 unspecified atom stereocenters. The van der Waals surface area contributed by atoms with Gasteiger partial charge in [-0.2, -0.15) is 0 Å². The summed E-state index contributed by atoms with van der Waals surface area (Å²) in [5.74, 6) is -0.816. The topological polar surface area (TPSA) is 108 Å². The molecule has 0 aromatic heterocycles. The number of anilines is 1. The number of esters is 1. The molecule has 1 aliphatic carbocycles. The van der Waals surface area contributed by atoms with Gasteiger partial charge in [0.2, 0.25) is 0 Å². The van der Waals surface area contributed by atoms with Crippen LogP contribution in [-0.4, -0.2) is 43.0 Å². The number of ether oxygens (including phenoxy) is 2. The minimum Gasteiger partial charge on any atom is -0.451 e. The highest BCUT2D eigenvalue weighted by Gasteiger charge is 2.27. The van der Waals surface area contributed by atoms with Crippen molar-refractivity contribution in [3.8, 4) is 0 Å². The van der Waals surface area contributed by atoms with Crippen molar-refractivity contribution in [3.63, 3.8) is 0 Å². The highest BCUT2D eigenvalue weighted by molar-refractivity contribution is 5.94. The lowest BCUT2D eigenvalue weighted by Gasteiger charge is -2.20. The Morgan fingerprint density at radius 2 is 2.21 bits per heavy atom. The van der Waals surface area contributed by atoms with Crippen LogP contribution in [0.3, 0.4) is 0 Å². The number of carbonyl (C=O) groups is 2. The Bertz CT molecular complexity index is 631. The summed E-state index contributed by atoms with van der Waals surface area (Å²) < 4.78 is 10.1. The predicted octanol–water partition coefficient (Wildman–Crippen LogP) is 2.32. The fraction of sp³-hybridized carbons (Fsp3) is 0.500. The fourth-order valence-electron chi connectivity index (χ4n) is 2.52. The highest BCUT2D eigenvalue weighted by atomic mass is 16.6. The molecule has 0 radical (unpaired) electrons. The molecule has 24 heavy (non-hydrogen) atoms. The summed E-state index contributed by atoms with van der Waals surface area (Å²) in [5.41, 5.74) is 0.121. The minimum atomic E-state index is -0.746. The molecule has 8 nitrogen and oxygen atoms in total. The van der Waals surface area contributed by atoms with Crippen molar-refractivity contribution >= 4 is 23.1 Å². The van der Waals surface area contributed by atoms with E-state index in [0.717, 1.165) is 18.9 Å². The number of nitrogens with one attached hydrogen (secondary N) is 1. The van der Waals surface area contributed by atoms with Gasteiger partial charge in [-0.25, -0.2) is 4.79 Å². The summed E-state index contributed by atoms with van der Waals surface area (Å²) in [6.45, 7) is 0.794. The Kier molecular flexibility index (Phi) is 6.25. The summed E-state index contributed by atoms with van der Waals surface area (Å²) in [7, 11) is 1.53. The lowest BCUT2D eigenvalue weighted by molar-refractivity contribution is -0.384. The zero-order valence-corrected chi connectivity index (χ0v) is 13.4. The molecule has 0 heterocycles. The Balaban J connectivity index is 2.11. The van der Waals surface area contributed by atoms with E-state index >= 15 is 0 Å². The van der Waals surface area contributed by atoms with Gasteiger partial charge in [0.25, 0.3) is 5.69 Å². The molecule has 1 aromatic carbocycles. The number of nitro benzene ring substituents is 1. The molecule has 1 aliphatic rings. The molecule has 1 saturated carbocycles. The second kappa shape index (κ2) is 8.39. The number of Topliss-reactive ketones (excluding diaryl/α,β-unsaturated/α-hetero) is 1. The molecule has 0 bridgehead atoms. The monoisotopic (exact) mass is 336 g/mol. The molecule has 2 rings (SSSR count). The van der Waals surface area contributed by atoms with Gasteiger partial charge in [0.05, 0.1) is 17.1 Å². The van der Waals surface area contributed by atoms with Gasteiger partial charge in [0.15, 0.2) is 11.9 Å². The van der Waals surface area contributed by atoms with E-state index in [0.29, 0.717) is 31.7 Å². The van der Waals surface area contributed by atoms with Crippen LogP contribution in [-0.2, 0) is 14.3 Å². The largest absolute Gasteiger partial charge is 0.451 e. The van der Waals surface area contributed by atoms with Crippen LogP contribution in [0, 0.1) is 10.1 Å². The molecule has 1 aromatic rings. The summed E-state index contributed by atoms with van der Waals surface area (Å²) in [6.07, 6.45) is 1.79. The first-order valence-electron chi connectivity index (χ1n) is 7.78. The van der Waals surface area contributed by atoms with E-state index in [1.165, 1.54) is 19.2 Å². The quantitative estimate of drug-likeness (QED) is 0.352. The molecule has 130 valence electrons. The van der Waals surface area contributed by atoms with Gasteiger partial charge in [-0.05, 0) is 31.4 Å². The zero-order chi connectivity index (χ0) is 17.5. The van der Waals surface area contributed by atoms with Crippen LogP contribution in [0.5, 0.6) is 0 Å². The van der Waals surface area contributed by atoms with Crippen molar-refractivity contribution in [2.24, 2.45) is 0 Å². The van der Waals surface area contributed by atoms with E-state index in [4.69, 9.17) is 9.47 Å². The maximum Gasteiger partial charge on any atom is 0.339 e. The molecule has 8 heteroatoms. The number of ketones is 1. The average Bonchev–Trinajstić information content (AvgIpc) is 2.57. The molecular formula is C16H20N2O6. The van der Waals surface area contributed by atoms with Crippen molar-refractivity contribution in [1.29, 1.82) is 0 Å². The lowest BCUT2D eigenvalue weighted by Crippen LogP contribution is -2.30. The number of nitro groups is 1. The Labute approximate surface area is 139 Å². The maximum atomic E-state index is 12.2. The van der Waals surface area contributed by atoms with Gasteiger partial charge in [-0.15, -0.1) is 0 Å². The second-order valence-corrected chi connectivity index (χ2v) is 5.51. The first-order valence-corrected chi connectivity index (χ1v) is 7.78. The first-order chi connectivity index (χ1) is 11.5. The van der Waals surface area contributed by atoms with Gasteiger partial charge in [0.1, 0.15) is 5.69 Å². The predicted molar refractivity (Wildman–Crippen MR) is 86.1 cm³/mol. The minimum absolute atomic E-state index is 0.0531. The van der Waals surface area contributed by atoms with E-state index in [-0.39, 0.29) is 17.0 Å². The number of nitrogens with zero attached hydrogens (tertiary/aromatic N) is 1. The first kappa shape index (κ1) is 17.9. The SMILES string of the molecule is COCCNc1ccc(C(=O)O[C@H]2CCCCC2=O)cc1[N+](=O)[O-]. The Morgan fingerprint density at radius 3 is 2.88 bits per heavy atom. The third kappa shape index (κ3) is 4.51. The van der Waals surface area contributed by atoms with E-state index in [2.05, 4.69) is 5.32 Å². The zero-order valence-electron chi connectivity index (χ0n) is 13.4. The van der Waals surface area contributed by atoms with E-state index in [1.807, 2.05) is 0 Å². The number of rotatable bonds is 7. The molecule has 0 spiro atoms. The molecule has 0 amide bonds. The number of methoxy groups -OCH3 is 1. The van der Waals surface area contributed by atoms with E-state index in [9.17, 15) is 19.7 Å². The standard InChI is InChI=1S/C16H20N2O6/c1-23-9-8-17-12-7-6-11(10-13(12)18(21)22)16(20)24-15-5-3-2-4-14(15)19/h6-7,10,15,17H,2-5,8-9H2,1H3/t15-/m0/s1. The van der Waals surface area contributed by atoms with E-state index < -0.39 is 17.0 Å². The summed E-state index contributed by atoms with van der Waals surface area (Å²) >= 11 is 0.